The Hall–Kier alpha value is -2.86. The van der Waals surface area contributed by atoms with Crippen molar-refractivity contribution in [3.8, 4) is 11.4 Å². The summed E-state index contributed by atoms with van der Waals surface area (Å²) in [4.78, 5) is 9.28. The molecule has 2 aromatic carbocycles. The first kappa shape index (κ1) is 17.5. The predicted octanol–water partition coefficient (Wildman–Crippen LogP) is 3.34. The molecule has 1 aliphatic rings. The van der Waals surface area contributed by atoms with Crippen molar-refractivity contribution < 1.29 is 9.13 Å². The summed E-state index contributed by atoms with van der Waals surface area (Å²) in [6.07, 6.45) is 3.81. The molecular weight excluding hydrogens is 343 g/mol. The maximum absolute atomic E-state index is 13.1. The van der Waals surface area contributed by atoms with Crippen LogP contribution < -0.4 is 9.64 Å². The van der Waals surface area contributed by atoms with Gasteiger partial charge in [0, 0.05) is 51.2 Å². The minimum atomic E-state index is -0.187. The molecule has 1 aliphatic heterocycles. The van der Waals surface area contributed by atoms with Gasteiger partial charge in [0.1, 0.15) is 11.6 Å². The van der Waals surface area contributed by atoms with Gasteiger partial charge in [0.05, 0.1) is 12.8 Å². The molecule has 0 aliphatic carbocycles. The van der Waals surface area contributed by atoms with Crippen molar-refractivity contribution in [3.63, 3.8) is 0 Å². The predicted molar refractivity (Wildman–Crippen MR) is 104 cm³/mol. The van der Waals surface area contributed by atoms with Gasteiger partial charge in [0.15, 0.2) is 0 Å². The summed E-state index contributed by atoms with van der Waals surface area (Å²) in [7, 11) is 1.67. The Kier molecular flexibility index (Phi) is 5.07. The van der Waals surface area contributed by atoms with Gasteiger partial charge in [-0.1, -0.05) is 18.2 Å². The first-order valence-electron chi connectivity index (χ1n) is 9.12. The quantitative estimate of drug-likeness (QED) is 0.694. The Morgan fingerprint density at radius 3 is 2.56 bits per heavy atom. The molecule has 0 atom stereocenters. The number of methoxy groups -OCH3 is 1. The molecule has 0 saturated carbocycles. The van der Waals surface area contributed by atoms with Crippen LogP contribution in [0.25, 0.3) is 5.69 Å². The van der Waals surface area contributed by atoms with Crippen LogP contribution in [0.15, 0.2) is 60.9 Å². The topological polar surface area (TPSA) is 33.5 Å². The minimum absolute atomic E-state index is 0.187. The van der Waals surface area contributed by atoms with Gasteiger partial charge >= 0.3 is 0 Å². The van der Waals surface area contributed by atoms with Crippen LogP contribution in [0.2, 0.25) is 0 Å². The van der Waals surface area contributed by atoms with E-state index in [-0.39, 0.29) is 5.82 Å². The second kappa shape index (κ2) is 7.80. The van der Waals surface area contributed by atoms with E-state index in [2.05, 4.69) is 25.4 Å². The fourth-order valence-electron chi connectivity index (χ4n) is 3.45. The van der Waals surface area contributed by atoms with Crippen LogP contribution >= 0.6 is 0 Å². The third-order valence-electron chi connectivity index (χ3n) is 4.93. The molecule has 140 valence electrons. The van der Waals surface area contributed by atoms with Gasteiger partial charge in [-0.05, 0) is 29.8 Å². The van der Waals surface area contributed by atoms with E-state index in [1.807, 2.05) is 42.7 Å². The highest BCUT2D eigenvalue weighted by atomic mass is 19.1. The molecule has 0 radical (unpaired) electrons. The van der Waals surface area contributed by atoms with Gasteiger partial charge in [0.25, 0.3) is 0 Å². The SMILES string of the molecule is COc1cccc(-n2ccnc2N2CCN(Cc3ccc(F)cc3)CC2)c1. The fourth-order valence-corrected chi connectivity index (χ4v) is 3.45. The largest absolute Gasteiger partial charge is 0.497 e. The van der Waals surface area contributed by atoms with Crippen molar-refractivity contribution in [2.24, 2.45) is 0 Å². The van der Waals surface area contributed by atoms with E-state index in [9.17, 15) is 4.39 Å². The third kappa shape index (κ3) is 3.95. The monoisotopic (exact) mass is 366 g/mol. The van der Waals surface area contributed by atoms with Crippen LogP contribution in [0.4, 0.5) is 10.3 Å². The average molecular weight is 366 g/mol. The van der Waals surface area contributed by atoms with Crippen LogP contribution in [-0.4, -0.2) is 47.7 Å². The molecule has 5 nitrogen and oxygen atoms in total. The van der Waals surface area contributed by atoms with E-state index < -0.39 is 0 Å². The van der Waals surface area contributed by atoms with E-state index in [0.717, 1.165) is 55.7 Å². The number of halogens is 1. The number of ether oxygens (including phenoxy) is 1. The highest BCUT2D eigenvalue weighted by Crippen LogP contribution is 2.23. The van der Waals surface area contributed by atoms with E-state index in [4.69, 9.17) is 4.74 Å². The second-order valence-corrected chi connectivity index (χ2v) is 6.69. The lowest BCUT2D eigenvalue weighted by Gasteiger charge is -2.35. The van der Waals surface area contributed by atoms with Crippen LogP contribution in [0, 0.1) is 5.82 Å². The number of piperazine rings is 1. The van der Waals surface area contributed by atoms with Crippen LogP contribution in [-0.2, 0) is 6.54 Å². The van der Waals surface area contributed by atoms with E-state index in [1.54, 1.807) is 7.11 Å². The van der Waals surface area contributed by atoms with Crippen LogP contribution in [0.1, 0.15) is 5.56 Å². The van der Waals surface area contributed by atoms with Crippen LogP contribution in [0.5, 0.6) is 5.75 Å². The lowest BCUT2D eigenvalue weighted by atomic mass is 10.2. The van der Waals surface area contributed by atoms with Crippen molar-refractivity contribution in [1.29, 1.82) is 0 Å². The Morgan fingerprint density at radius 1 is 1.04 bits per heavy atom. The molecule has 0 bridgehead atoms. The molecule has 27 heavy (non-hydrogen) atoms. The Bertz CT molecular complexity index is 885. The zero-order valence-electron chi connectivity index (χ0n) is 15.4. The van der Waals surface area contributed by atoms with Crippen LogP contribution in [0.3, 0.4) is 0 Å². The molecule has 0 unspecified atom stereocenters. The zero-order chi connectivity index (χ0) is 18.6. The third-order valence-corrected chi connectivity index (χ3v) is 4.93. The van der Waals surface area contributed by atoms with Gasteiger partial charge in [-0.25, -0.2) is 9.37 Å². The van der Waals surface area contributed by atoms with Crippen molar-refractivity contribution in [3.05, 3.63) is 72.3 Å². The molecule has 0 amide bonds. The first-order chi connectivity index (χ1) is 13.2. The normalized spacial score (nSPS) is 15.1. The Balaban J connectivity index is 1.43. The molecule has 1 fully saturated rings. The number of aromatic nitrogens is 2. The summed E-state index contributed by atoms with van der Waals surface area (Å²) < 4.78 is 20.5. The average Bonchev–Trinajstić information content (AvgIpc) is 3.20. The lowest BCUT2D eigenvalue weighted by Crippen LogP contribution is -2.46. The number of rotatable bonds is 5. The van der Waals surface area contributed by atoms with E-state index in [1.165, 1.54) is 12.1 Å². The standard InChI is InChI=1S/C21H23FN4O/c1-27-20-4-2-3-19(15-20)26-10-9-23-21(26)25-13-11-24(12-14-25)16-17-5-7-18(22)8-6-17/h2-10,15H,11-14,16H2,1H3. The number of hydrogen-bond acceptors (Lipinski definition) is 4. The zero-order valence-corrected chi connectivity index (χ0v) is 15.4. The molecule has 3 aromatic rings. The molecule has 1 aromatic heterocycles. The number of anilines is 1. The smallest absolute Gasteiger partial charge is 0.210 e. The molecule has 0 N–H and O–H groups in total. The summed E-state index contributed by atoms with van der Waals surface area (Å²) >= 11 is 0. The Morgan fingerprint density at radius 2 is 1.81 bits per heavy atom. The maximum atomic E-state index is 13.1. The van der Waals surface area contributed by atoms with Gasteiger partial charge in [0.2, 0.25) is 5.95 Å². The number of hydrogen-bond donors (Lipinski definition) is 0. The van der Waals surface area contributed by atoms with Crippen molar-refractivity contribution in [2.75, 3.05) is 38.2 Å². The maximum Gasteiger partial charge on any atom is 0.210 e. The van der Waals surface area contributed by atoms with Gasteiger partial charge in [-0.15, -0.1) is 0 Å². The van der Waals surface area contributed by atoms with Crippen molar-refractivity contribution in [2.45, 2.75) is 6.54 Å². The highest BCUT2D eigenvalue weighted by molar-refractivity contribution is 5.47. The number of imidazole rings is 1. The van der Waals surface area contributed by atoms with Crippen molar-refractivity contribution >= 4 is 5.95 Å². The Labute approximate surface area is 158 Å². The molecule has 1 saturated heterocycles. The molecular formula is C21H23FN4O. The summed E-state index contributed by atoms with van der Waals surface area (Å²) in [5, 5.41) is 0. The minimum Gasteiger partial charge on any atom is -0.497 e. The summed E-state index contributed by atoms with van der Waals surface area (Å²) in [5.74, 6) is 1.59. The van der Waals surface area contributed by atoms with Gasteiger partial charge in [-0.3, -0.25) is 9.47 Å². The summed E-state index contributed by atoms with van der Waals surface area (Å²) in [6, 6.07) is 14.8. The lowest BCUT2D eigenvalue weighted by molar-refractivity contribution is 0.248. The second-order valence-electron chi connectivity index (χ2n) is 6.69. The molecule has 0 spiro atoms. The summed E-state index contributed by atoms with van der Waals surface area (Å²) in [5.41, 5.74) is 2.18. The summed E-state index contributed by atoms with van der Waals surface area (Å²) in [6.45, 7) is 4.55. The fraction of sp³-hybridized carbons (Fsp3) is 0.286. The molecule has 6 heteroatoms. The van der Waals surface area contributed by atoms with Gasteiger partial charge in [-0.2, -0.15) is 0 Å². The van der Waals surface area contributed by atoms with E-state index in [0.29, 0.717) is 0 Å². The molecule has 2 heterocycles. The first-order valence-corrected chi connectivity index (χ1v) is 9.12. The number of nitrogens with zero attached hydrogens (tertiary/aromatic N) is 4. The van der Waals surface area contributed by atoms with Crippen molar-refractivity contribution in [1.82, 2.24) is 14.5 Å². The highest BCUT2D eigenvalue weighted by Gasteiger charge is 2.21. The molecule has 4 rings (SSSR count). The van der Waals surface area contributed by atoms with E-state index >= 15 is 0 Å². The van der Waals surface area contributed by atoms with Gasteiger partial charge < -0.3 is 9.64 Å². The number of benzene rings is 2.